The van der Waals surface area contributed by atoms with E-state index in [1.54, 1.807) is 24.3 Å². The van der Waals surface area contributed by atoms with Gasteiger partial charge in [0.25, 0.3) is 0 Å². The molecule has 3 nitrogen and oxygen atoms in total. The van der Waals surface area contributed by atoms with Crippen molar-refractivity contribution in [1.82, 2.24) is 5.32 Å². The van der Waals surface area contributed by atoms with Gasteiger partial charge in [-0.1, -0.05) is 42.5 Å². The fourth-order valence-corrected chi connectivity index (χ4v) is 4.46. The Labute approximate surface area is 119 Å². The third-order valence-electron chi connectivity index (χ3n) is 3.75. The number of benzene rings is 2. The van der Waals surface area contributed by atoms with E-state index < -0.39 is 15.1 Å². The van der Waals surface area contributed by atoms with Gasteiger partial charge in [0.05, 0.1) is 4.90 Å². The normalized spacial score (nSPS) is 19.1. The molecule has 0 aliphatic carbocycles. The lowest BCUT2D eigenvalue weighted by Gasteiger charge is -2.18. The first kappa shape index (κ1) is 13.3. The van der Waals surface area contributed by atoms with Gasteiger partial charge in [-0.3, -0.25) is 0 Å². The van der Waals surface area contributed by atoms with Crippen molar-refractivity contribution >= 4 is 9.84 Å². The van der Waals surface area contributed by atoms with Gasteiger partial charge in [0.15, 0.2) is 9.84 Å². The van der Waals surface area contributed by atoms with Crippen molar-refractivity contribution < 1.29 is 8.42 Å². The molecule has 2 aromatic rings. The van der Waals surface area contributed by atoms with Crippen molar-refractivity contribution in [3.63, 3.8) is 0 Å². The first-order valence-corrected chi connectivity index (χ1v) is 8.32. The average molecular weight is 287 g/mol. The molecule has 3 rings (SSSR count). The fourth-order valence-electron chi connectivity index (χ4n) is 2.69. The van der Waals surface area contributed by atoms with Crippen molar-refractivity contribution in [1.29, 1.82) is 0 Å². The predicted octanol–water partition coefficient (Wildman–Crippen LogP) is 2.35. The van der Waals surface area contributed by atoms with Crippen LogP contribution >= 0.6 is 0 Å². The van der Waals surface area contributed by atoms with Gasteiger partial charge in [-0.25, -0.2) is 8.42 Å². The molecule has 0 saturated heterocycles. The molecule has 0 amide bonds. The van der Waals surface area contributed by atoms with E-state index in [0.29, 0.717) is 11.4 Å². The Kier molecular flexibility index (Phi) is 3.59. The monoisotopic (exact) mass is 287 g/mol. The zero-order chi connectivity index (χ0) is 14.0. The number of hydrogen-bond donors (Lipinski definition) is 1. The molecule has 0 fully saturated rings. The van der Waals surface area contributed by atoms with Gasteiger partial charge < -0.3 is 5.32 Å². The zero-order valence-corrected chi connectivity index (χ0v) is 11.9. The molecular weight excluding hydrogens is 270 g/mol. The Morgan fingerprint density at radius 1 is 0.950 bits per heavy atom. The second-order valence-corrected chi connectivity index (χ2v) is 7.13. The second-order valence-electron chi connectivity index (χ2n) is 5.00. The van der Waals surface area contributed by atoms with Crippen LogP contribution in [0.2, 0.25) is 0 Å². The van der Waals surface area contributed by atoms with E-state index in [-0.39, 0.29) is 0 Å². The highest BCUT2D eigenvalue weighted by atomic mass is 32.2. The Balaban J connectivity index is 2.10. The van der Waals surface area contributed by atoms with Gasteiger partial charge in [0.1, 0.15) is 5.25 Å². The molecule has 0 aromatic heterocycles. The van der Waals surface area contributed by atoms with Crippen LogP contribution in [-0.2, 0) is 16.3 Å². The molecule has 0 radical (unpaired) electrons. The lowest BCUT2D eigenvalue weighted by Crippen LogP contribution is -2.25. The van der Waals surface area contributed by atoms with Crippen LogP contribution in [-0.4, -0.2) is 21.5 Å². The van der Waals surface area contributed by atoms with E-state index in [9.17, 15) is 8.42 Å². The third kappa shape index (κ3) is 2.37. The Bertz CT molecular complexity index is 695. The summed E-state index contributed by atoms with van der Waals surface area (Å²) in [5.41, 5.74) is 2.06. The first-order valence-electron chi connectivity index (χ1n) is 6.77. The predicted molar refractivity (Wildman–Crippen MR) is 79.4 cm³/mol. The molecule has 20 heavy (non-hydrogen) atoms. The molecule has 104 valence electrons. The number of fused-ring (bicyclic) bond motifs is 1. The van der Waals surface area contributed by atoms with E-state index in [2.05, 4.69) is 5.32 Å². The number of rotatable bonds is 2. The first-order chi connectivity index (χ1) is 9.69. The van der Waals surface area contributed by atoms with Gasteiger partial charge >= 0.3 is 0 Å². The quantitative estimate of drug-likeness (QED) is 0.922. The van der Waals surface area contributed by atoms with Crippen molar-refractivity contribution in [2.75, 3.05) is 13.1 Å². The summed E-state index contributed by atoms with van der Waals surface area (Å²) in [6.45, 7) is 1.28. The smallest absolute Gasteiger partial charge is 0.186 e. The molecule has 1 aliphatic rings. The molecule has 1 atom stereocenters. The van der Waals surface area contributed by atoms with E-state index in [4.69, 9.17) is 0 Å². The van der Waals surface area contributed by atoms with Crippen LogP contribution in [0, 0.1) is 0 Å². The second kappa shape index (κ2) is 5.38. The van der Waals surface area contributed by atoms with Crippen LogP contribution in [0.15, 0.2) is 59.5 Å². The highest BCUT2D eigenvalue weighted by Crippen LogP contribution is 2.31. The summed E-state index contributed by atoms with van der Waals surface area (Å²) in [6.07, 6.45) is 0.872. The molecule has 0 saturated carbocycles. The maximum absolute atomic E-state index is 12.9. The van der Waals surface area contributed by atoms with Gasteiger partial charge in [-0.15, -0.1) is 0 Å². The van der Waals surface area contributed by atoms with Crippen LogP contribution in [0.4, 0.5) is 0 Å². The van der Waals surface area contributed by atoms with E-state index in [1.165, 1.54) is 0 Å². The molecule has 1 heterocycles. The lowest BCUT2D eigenvalue weighted by molar-refractivity contribution is 0.574. The maximum atomic E-state index is 12.9. The lowest BCUT2D eigenvalue weighted by atomic mass is 10.0. The zero-order valence-electron chi connectivity index (χ0n) is 11.1. The molecule has 2 aromatic carbocycles. The summed E-state index contributed by atoms with van der Waals surface area (Å²) in [4.78, 5) is 0.392. The largest absolute Gasteiger partial charge is 0.315 e. The minimum atomic E-state index is -3.36. The highest BCUT2D eigenvalue weighted by molar-refractivity contribution is 7.91. The van der Waals surface area contributed by atoms with Gasteiger partial charge in [-0.2, -0.15) is 0 Å². The van der Waals surface area contributed by atoms with E-state index >= 15 is 0 Å². The van der Waals surface area contributed by atoms with Crippen molar-refractivity contribution in [2.24, 2.45) is 0 Å². The van der Waals surface area contributed by atoms with Crippen molar-refractivity contribution in [2.45, 2.75) is 16.6 Å². The topological polar surface area (TPSA) is 46.2 Å². The number of nitrogens with one attached hydrogen (secondary N) is 1. The Hall–Kier alpha value is -1.65. The third-order valence-corrected chi connectivity index (χ3v) is 5.85. The van der Waals surface area contributed by atoms with Gasteiger partial charge in [-0.05, 0) is 36.2 Å². The maximum Gasteiger partial charge on any atom is 0.186 e. The van der Waals surface area contributed by atoms with Crippen molar-refractivity contribution in [3.05, 3.63) is 65.7 Å². The summed E-state index contributed by atoms with van der Waals surface area (Å²) in [7, 11) is -3.36. The minimum Gasteiger partial charge on any atom is -0.315 e. The summed E-state index contributed by atoms with van der Waals surface area (Å²) in [5.74, 6) is 0. The van der Waals surface area contributed by atoms with Crippen LogP contribution in [0.25, 0.3) is 0 Å². The Morgan fingerprint density at radius 3 is 2.45 bits per heavy atom. The summed E-state index contributed by atoms with van der Waals surface area (Å²) < 4.78 is 25.7. The minimum absolute atomic E-state index is 0.392. The molecular formula is C16H17NO2S. The molecule has 0 spiro atoms. The standard InChI is InChI=1S/C16H17NO2S/c18-20(19,14-7-2-1-3-8-14)16-12-17-11-10-13-6-4-5-9-15(13)16/h1-9,16-17H,10-12H2. The van der Waals surface area contributed by atoms with E-state index in [0.717, 1.165) is 24.1 Å². The summed E-state index contributed by atoms with van der Waals surface area (Å²) in [6, 6.07) is 16.5. The summed E-state index contributed by atoms with van der Waals surface area (Å²) in [5, 5.41) is 2.73. The Morgan fingerprint density at radius 2 is 1.65 bits per heavy atom. The number of hydrogen-bond acceptors (Lipinski definition) is 3. The van der Waals surface area contributed by atoms with Crippen LogP contribution < -0.4 is 5.32 Å². The van der Waals surface area contributed by atoms with Crippen LogP contribution in [0.1, 0.15) is 16.4 Å². The average Bonchev–Trinajstić information content (AvgIpc) is 2.71. The molecule has 1 unspecified atom stereocenters. The summed E-state index contributed by atoms with van der Waals surface area (Å²) >= 11 is 0. The molecule has 1 aliphatic heterocycles. The molecule has 0 bridgehead atoms. The molecule has 4 heteroatoms. The number of sulfone groups is 1. The van der Waals surface area contributed by atoms with Gasteiger partial charge in [0.2, 0.25) is 0 Å². The van der Waals surface area contributed by atoms with Crippen LogP contribution in [0.5, 0.6) is 0 Å². The van der Waals surface area contributed by atoms with E-state index in [1.807, 2.05) is 30.3 Å². The van der Waals surface area contributed by atoms with Crippen LogP contribution in [0.3, 0.4) is 0 Å². The highest BCUT2D eigenvalue weighted by Gasteiger charge is 2.31. The SMILES string of the molecule is O=S(=O)(c1ccccc1)C1CNCCc2ccccc21. The molecule has 1 N–H and O–H groups in total. The fraction of sp³-hybridized carbons (Fsp3) is 0.250. The van der Waals surface area contributed by atoms with Gasteiger partial charge in [0, 0.05) is 6.54 Å². The van der Waals surface area contributed by atoms with Crippen molar-refractivity contribution in [3.8, 4) is 0 Å².